The van der Waals surface area contributed by atoms with Crippen LogP contribution in [0.1, 0.15) is 32.4 Å². The maximum Gasteiger partial charge on any atom is 0.332 e. The smallest absolute Gasteiger partial charge is 0.332 e. The van der Waals surface area contributed by atoms with Crippen LogP contribution in [0.25, 0.3) is 0 Å². The zero-order valence-electron chi connectivity index (χ0n) is 10.6. The van der Waals surface area contributed by atoms with Crippen molar-refractivity contribution in [3.8, 4) is 0 Å². The number of esters is 1. The van der Waals surface area contributed by atoms with Crippen LogP contribution < -0.4 is 5.32 Å². The van der Waals surface area contributed by atoms with E-state index < -0.39 is 0 Å². The molecule has 0 radical (unpaired) electrons. The SMILES string of the molecule is CCOC(=O)C=C(C)NC(C)c1ccccc1. The Kier molecular flexibility index (Phi) is 5.27. The van der Waals surface area contributed by atoms with Gasteiger partial charge in [-0.25, -0.2) is 4.79 Å². The largest absolute Gasteiger partial charge is 0.463 e. The maximum atomic E-state index is 11.2. The first kappa shape index (κ1) is 13.3. The Morgan fingerprint density at radius 1 is 1.41 bits per heavy atom. The average Bonchev–Trinajstić information content (AvgIpc) is 2.30. The van der Waals surface area contributed by atoms with Gasteiger partial charge in [0.05, 0.1) is 6.61 Å². The molecule has 1 rings (SSSR count). The van der Waals surface area contributed by atoms with Crippen LogP contribution in [0, 0.1) is 0 Å². The van der Waals surface area contributed by atoms with Gasteiger partial charge in [0.1, 0.15) is 0 Å². The van der Waals surface area contributed by atoms with Crippen molar-refractivity contribution in [3.63, 3.8) is 0 Å². The van der Waals surface area contributed by atoms with E-state index in [0.717, 1.165) is 5.70 Å². The van der Waals surface area contributed by atoms with Crippen LogP contribution in [-0.4, -0.2) is 12.6 Å². The number of carbonyl (C=O) groups excluding carboxylic acids is 1. The normalized spacial score (nSPS) is 13.0. The molecule has 92 valence electrons. The molecule has 1 aromatic rings. The number of hydrogen-bond donors (Lipinski definition) is 1. The second-order valence-electron chi connectivity index (χ2n) is 3.86. The molecule has 0 spiro atoms. The minimum absolute atomic E-state index is 0.168. The highest BCUT2D eigenvalue weighted by Crippen LogP contribution is 2.12. The summed E-state index contributed by atoms with van der Waals surface area (Å²) < 4.78 is 4.84. The van der Waals surface area contributed by atoms with Crippen molar-refractivity contribution in [2.75, 3.05) is 6.61 Å². The van der Waals surface area contributed by atoms with Gasteiger partial charge in [-0.3, -0.25) is 0 Å². The van der Waals surface area contributed by atoms with Gasteiger partial charge in [-0.2, -0.15) is 0 Å². The van der Waals surface area contributed by atoms with E-state index in [2.05, 4.69) is 24.4 Å². The van der Waals surface area contributed by atoms with Gasteiger partial charge < -0.3 is 10.1 Å². The lowest BCUT2D eigenvalue weighted by Crippen LogP contribution is -2.17. The highest BCUT2D eigenvalue weighted by Gasteiger charge is 2.05. The molecule has 1 N–H and O–H groups in total. The Morgan fingerprint density at radius 2 is 2.06 bits per heavy atom. The fraction of sp³-hybridized carbons (Fsp3) is 0.357. The van der Waals surface area contributed by atoms with Gasteiger partial charge >= 0.3 is 5.97 Å². The zero-order chi connectivity index (χ0) is 12.7. The summed E-state index contributed by atoms with van der Waals surface area (Å²) in [5.41, 5.74) is 1.99. The van der Waals surface area contributed by atoms with E-state index in [1.54, 1.807) is 6.92 Å². The van der Waals surface area contributed by atoms with Crippen LogP contribution in [0.5, 0.6) is 0 Å². The molecule has 0 aliphatic carbocycles. The Balaban J connectivity index is 2.57. The number of allylic oxidation sites excluding steroid dienone is 1. The second-order valence-corrected chi connectivity index (χ2v) is 3.86. The highest BCUT2D eigenvalue weighted by atomic mass is 16.5. The lowest BCUT2D eigenvalue weighted by atomic mass is 10.1. The van der Waals surface area contributed by atoms with Crippen molar-refractivity contribution in [2.45, 2.75) is 26.8 Å². The maximum absolute atomic E-state index is 11.2. The molecule has 17 heavy (non-hydrogen) atoms. The van der Waals surface area contributed by atoms with Gasteiger partial charge in [0.2, 0.25) is 0 Å². The first-order chi connectivity index (χ1) is 8.13. The second kappa shape index (κ2) is 6.74. The third kappa shape index (κ3) is 4.72. The van der Waals surface area contributed by atoms with Crippen LogP contribution in [0.3, 0.4) is 0 Å². The predicted octanol–water partition coefficient (Wildman–Crippen LogP) is 2.80. The lowest BCUT2D eigenvalue weighted by molar-refractivity contribution is -0.137. The Hall–Kier alpha value is -1.77. The summed E-state index contributed by atoms with van der Waals surface area (Å²) >= 11 is 0. The van der Waals surface area contributed by atoms with Gasteiger partial charge in [0, 0.05) is 17.8 Å². The predicted molar refractivity (Wildman–Crippen MR) is 68.4 cm³/mol. The van der Waals surface area contributed by atoms with Gasteiger partial charge in [-0.1, -0.05) is 30.3 Å². The third-order valence-electron chi connectivity index (χ3n) is 2.36. The van der Waals surface area contributed by atoms with Gasteiger partial charge in [-0.05, 0) is 26.3 Å². The molecule has 3 nitrogen and oxygen atoms in total. The van der Waals surface area contributed by atoms with E-state index in [0.29, 0.717) is 6.61 Å². The van der Waals surface area contributed by atoms with Crippen LogP contribution in [0.15, 0.2) is 42.1 Å². The summed E-state index contributed by atoms with van der Waals surface area (Å²) in [6.45, 7) is 6.10. The molecule has 0 amide bonds. The molecule has 0 heterocycles. The van der Waals surface area contributed by atoms with Gasteiger partial charge in [-0.15, -0.1) is 0 Å². The number of ether oxygens (including phenoxy) is 1. The molecule has 1 atom stereocenters. The quantitative estimate of drug-likeness (QED) is 0.627. The zero-order valence-corrected chi connectivity index (χ0v) is 10.6. The molecule has 0 aromatic heterocycles. The Bertz CT molecular complexity index is 384. The molecule has 3 heteroatoms. The summed E-state index contributed by atoms with van der Waals surface area (Å²) in [4.78, 5) is 11.2. The van der Waals surface area contributed by atoms with Crippen molar-refractivity contribution in [2.24, 2.45) is 0 Å². The standard InChI is InChI=1S/C14H19NO2/c1-4-17-14(16)10-11(2)15-12(3)13-8-6-5-7-9-13/h5-10,12,15H,4H2,1-3H3. The third-order valence-corrected chi connectivity index (χ3v) is 2.36. The molecule has 1 unspecified atom stereocenters. The molecule has 0 saturated carbocycles. The molecular weight excluding hydrogens is 214 g/mol. The Labute approximate surface area is 102 Å². The monoisotopic (exact) mass is 233 g/mol. The number of hydrogen-bond acceptors (Lipinski definition) is 3. The van der Waals surface area contributed by atoms with Crippen LogP contribution in [-0.2, 0) is 9.53 Å². The molecule has 0 aliphatic rings. The molecule has 1 aromatic carbocycles. The summed E-state index contributed by atoms with van der Waals surface area (Å²) in [6, 6.07) is 10.2. The number of nitrogens with one attached hydrogen (secondary N) is 1. The first-order valence-electron chi connectivity index (χ1n) is 5.80. The minimum Gasteiger partial charge on any atom is -0.463 e. The van der Waals surface area contributed by atoms with E-state index in [-0.39, 0.29) is 12.0 Å². The summed E-state index contributed by atoms with van der Waals surface area (Å²) in [6.07, 6.45) is 1.48. The number of rotatable bonds is 5. The molecule has 0 fully saturated rings. The highest BCUT2D eigenvalue weighted by molar-refractivity contribution is 5.82. The fourth-order valence-corrected chi connectivity index (χ4v) is 1.57. The van der Waals surface area contributed by atoms with Gasteiger partial charge in [0.25, 0.3) is 0 Å². The van der Waals surface area contributed by atoms with E-state index >= 15 is 0 Å². The van der Waals surface area contributed by atoms with E-state index in [1.165, 1.54) is 11.6 Å². The van der Waals surface area contributed by atoms with E-state index in [1.807, 2.05) is 25.1 Å². The van der Waals surface area contributed by atoms with Crippen molar-refractivity contribution in [1.29, 1.82) is 0 Å². The van der Waals surface area contributed by atoms with Crippen molar-refractivity contribution in [1.82, 2.24) is 5.32 Å². The van der Waals surface area contributed by atoms with Crippen LogP contribution in [0.4, 0.5) is 0 Å². The fourth-order valence-electron chi connectivity index (χ4n) is 1.57. The minimum atomic E-state index is -0.308. The summed E-state index contributed by atoms with van der Waals surface area (Å²) in [7, 11) is 0. The summed E-state index contributed by atoms with van der Waals surface area (Å²) in [5, 5.41) is 3.25. The van der Waals surface area contributed by atoms with Crippen molar-refractivity contribution in [3.05, 3.63) is 47.7 Å². The number of carbonyl (C=O) groups is 1. The molecular formula is C14H19NO2. The van der Waals surface area contributed by atoms with Gasteiger partial charge in [0.15, 0.2) is 0 Å². The van der Waals surface area contributed by atoms with E-state index in [9.17, 15) is 4.79 Å². The summed E-state index contributed by atoms with van der Waals surface area (Å²) in [5.74, 6) is -0.308. The van der Waals surface area contributed by atoms with E-state index in [4.69, 9.17) is 4.74 Å². The molecule has 0 aliphatic heterocycles. The van der Waals surface area contributed by atoms with Crippen molar-refractivity contribution < 1.29 is 9.53 Å². The van der Waals surface area contributed by atoms with Crippen LogP contribution >= 0.6 is 0 Å². The topological polar surface area (TPSA) is 38.3 Å². The Morgan fingerprint density at radius 3 is 2.65 bits per heavy atom. The average molecular weight is 233 g/mol. The molecule has 0 bridgehead atoms. The van der Waals surface area contributed by atoms with Crippen LogP contribution in [0.2, 0.25) is 0 Å². The van der Waals surface area contributed by atoms with Crippen molar-refractivity contribution >= 4 is 5.97 Å². The molecule has 0 saturated heterocycles. The first-order valence-corrected chi connectivity index (χ1v) is 5.80. The number of benzene rings is 1. The lowest BCUT2D eigenvalue weighted by Gasteiger charge is -2.15.